The fourth-order valence-corrected chi connectivity index (χ4v) is 5.61. The zero-order chi connectivity index (χ0) is 20.2. The molecule has 0 unspecified atom stereocenters. The van der Waals surface area contributed by atoms with Gasteiger partial charge in [-0.1, -0.05) is 42.4 Å². The minimum absolute atomic E-state index is 0.0122. The summed E-state index contributed by atoms with van der Waals surface area (Å²) in [6, 6.07) is 5.21. The Morgan fingerprint density at radius 3 is 2.90 bits per heavy atom. The van der Waals surface area contributed by atoms with E-state index in [4.69, 9.17) is 0 Å². The summed E-state index contributed by atoms with van der Waals surface area (Å²) in [5.74, 6) is 0.260. The summed E-state index contributed by atoms with van der Waals surface area (Å²) in [7, 11) is 0. The number of nitro groups is 1. The zero-order valence-electron chi connectivity index (χ0n) is 16.0. The van der Waals surface area contributed by atoms with Crippen LogP contribution in [0, 0.1) is 10.1 Å². The quantitative estimate of drug-likeness (QED) is 0.412. The van der Waals surface area contributed by atoms with E-state index in [1.807, 2.05) is 0 Å². The molecule has 2 aliphatic rings. The van der Waals surface area contributed by atoms with Crippen LogP contribution in [0.5, 0.6) is 0 Å². The maximum atomic E-state index is 12.8. The van der Waals surface area contributed by atoms with Crippen molar-refractivity contribution in [3.63, 3.8) is 0 Å². The molecule has 1 amide bonds. The summed E-state index contributed by atoms with van der Waals surface area (Å²) >= 11 is 2.88. The minimum atomic E-state index is -0.398. The Morgan fingerprint density at radius 2 is 2.10 bits per heavy atom. The number of thioether (sulfide) groups is 1. The molecule has 0 saturated heterocycles. The first kappa shape index (κ1) is 20.1. The van der Waals surface area contributed by atoms with E-state index in [-0.39, 0.29) is 17.3 Å². The van der Waals surface area contributed by atoms with Gasteiger partial charge in [0.2, 0.25) is 11.0 Å². The molecule has 1 aliphatic carbocycles. The van der Waals surface area contributed by atoms with Crippen LogP contribution < -0.4 is 10.2 Å². The number of fused-ring (bicyclic) bond motifs is 1. The van der Waals surface area contributed by atoms with Crippen LogP contribution in [0.2, 0.25) is 0 Å². The van der Waals surface area contributed by atoms with Gasteiger partial charge in [0.15, 0.2) is 4.34 Å². The molecule has 1 N–H and O–H groups in total. The van der Waals surface area contributed by atoms with Crippen molar-refractivity contribution in [2.24, 2.45) is 0 Å². The molecule has 4 rings (SSSR count). The van der Waals surface area contributed by atoms with E-state index in [2.05, 4.69) is 15.5 Å². The lowest BCUT2D eigenvalue weighted by Crippen LogP contribution is -2.36. The molecule has 2 aromatic rings. The number of nitro benzene ring substituents is 1. The van der Waals surface area contributed by atoms with Crippen molar-refractivity contribution in [3.8, 4) is 0 Å². The third-order valence-corrected chi connectivity index (χ3v) is 7.32. The van der Waals surface area contributed by atoms with Crippen molar-refractivity contribution in [1.82, 2.24) is 10.2 Å². The highest BCUT2D eigenvalue weighted by molar-refractivity contribution is 8.01. The Morgan fingerprint density at radius 1 is 1.28 bits per heavy atom. The molecule has 0 spiro atoms. The molecular formula is C19H23N5O3S2. The van der Waals surface area contributed by atoms with Crippen LogP contribution >= 0.6 is 23.1 Å². The average Bonchev–Trinajstić information content (AvgIpc) is 3.19. The van der Waals surface area contributed by atoms with Crippen molar-refractivity contribution in [3.05, 3.63) is 33.9 Å². The van der Waals surface area contributed by atoms with Crippen LogP contribution in [0.3, 0.4) is 0 Å². The Balaban J connectivity index is 1.35. The molecular weight excluding hydrogens is 410 g/mol. The second kappa shape index (κ2) is 9.08. The van der Waals surface area contributed by atoms with Gasteiger partial charge in [0.05, 0.1) is 10.7 Å². The minimum Gasteiger partial charge on any atom is -0.357 e. The molecule has 1 aliphatic heterocycles. The number of amides is 1. The van der Waals surface area contributed by atoms with Crippen molar-refractivity contribution in [2.45, 2.75) is 55.3 Å². The lowest BCUT2D eigenvalue weighted by atomic mass is 9.96. The van der Waals surface area contributed by atoms with Gasteiger partial charge in [0.25, 0.3) is 5.69 Å². The number of aryl methyl sites for hydroxylation is 1. The van der Waals surface area contributed by atoms with E-state index in [0.717, 1.165) is 33.6 Å². The molecule has 0 radical (unpaired) electrons. The molecule has 1 aromatic heterocycles. The van der Waals surface area contributed by atoms with E-state index in [1.54, 1.807) is 17.0 Å². The number of nitrogens with zero attached hydrogens (tertiary/aromatic N) is 4. The number of benzene rings is 1. The van der Waals surface area contributed by atoms with Gasteiger partial charge in [0.1, 0.15) is 0 Å². The maximum absolute atomic E-state index is 12.8. The van der Waals surface area contributed by atoms with E-state index in [1.165, 1.54) is 61.3 Å². The Hall–Kier alpha value is -2.20. The van der Waals surface area contributed by atoms with Gasteiger partial charge >= 0.3 is 0 Å². The summed E-state index contributed by atoms with van der Waals surface area (Å²) in [6.45, 7) is 0.634. The number of anilines is 2. The summed E-state index contributed by atoms with van der Waals surface area (Å²) in [4.78, 5) is 25.1. The van der Waals surface area contributed by atoms with Gasteiger partial charge in [-0.15, -0.1) is 10.2 Å². The molecule has 2 heterocycles. The Kier molecular flexibility index (Phi) is 6.29. The SMILES string of the molecule is O=C(CSc1nnc(NC2CCCCC2)s1)N1CCCc2cc([N+](=O)[O-])ccc21. The number of carbonyl (C=O) groups excluding carboxylic acids is 1. The molecule has 10 heteroatoms. The second-order valence-electron chi connectivity index (χ2n) is 7.36. The van der Waals surface area contributed by atoms with Crippen molar-refractivity contribution >= 4 is 45.5 Å². The fraction of sp³-hybridized carbons (Fsp3) is 0.526. The first-order chi connectivity index (χ1) is 14.1. The third-order valence-electron chi connectivity index (χ3n) is 5.35. The molecule has 0 atom stereocenters. The molecule has 1 fully saturated rings. The number of carbonyl (C=O) groups is 1. The van der Waals surface area contributed by atoms with Gasteiger partial charge in [-0.3, -0.25) is 14.9 Å². The topological polar surface area (TPSA) is 101 Å². The van der Waals surface area contributed by atoms with Crippen LogP contribution in [0.15, 0.2) is 22.5 Å². The van der Waals surface area contributed by atoms with Crippen molar-refractivity contribution < 1.29 is 9.72 Å². The standard InChI is InChI=1S/C19H23N5O3S2/c25-17(23-10-4-5-13-11-15(24(26)27)8-9-16(13)23)12-28-19-22-21-18(29-19)20-14-6-2-1-3-7-14/h8-9,11,14H,1-7,10,12H2,(H,20,21). The van der Waals surface area contributed by atoms with Gasteiger partial charge in [-0.2, -0.15) is 0 Å². The highest BCUT2D eigenvalue weighted by Crippen LogP contribution is 2.32. The van der Waals surface area contributed by atoms with Crippen molar-refractivity contribution in [2.75, 3.05) is 22.5 Å². The van der Waals surface area contributed by atoms with Gasteiger partial charge in [0, 0.05) is 30.4 Å². The number of aromatic nitrogens is 2. The largest absolute Gasteiger partial charge is 0.357 e. The fourth-order valence-electron chi connectivity index (χ4n) is 3.91. The number of rotatable bonds is 6. The van der Waals surface area contributed by atoms with E-state index < -0.39 is 4.92 Å². The summed E-state index contributed by atoms with van der Waals surface area (Å²) < 4.78 is 0.776. The number of nitrogens with one attached hydrogen (secondary N) is 1. The normalized spacial score (nSPS) is 17.0. The van der Waals surface area contributed by atoms with E-state index in [0.29, 0.717) is 12.6 Å². The average molecular weight is 434 g/mol. The van der Waals surface area contributed by atoms with Crippen molar-refractivity contribution in [1.29, 1.82) is 0 Å². The molecule has 0 bridgehead atoms. The van der Waals surface area contributed by atoms with Crippen LogP contribution in [-0.4, -0.2) is 39.4 Å². The van der Waals surface area contributed by atoms with Crippen LogP contribution in [0.25, 0.3) is 0 Å². The number of non-ortho nitro benzene ring substituents is 1. The van der Waals surface area contributed by atoms with Gasteiger partial charge in [-0.05, 0) is 37.3 Å². The van der Waals surface area contributed by atoms with Gasteiger partial charge < -0.3 is 10.2 Å². The number of hydrogen-bond acceptors (Lipinski definition) is 8. The number of hydrogen-bond donors (Lipinski definition) is 1. The van der Waals surface area contributed by atoms with Crippen LogP contribution in [0.1, 0.15) is 44.1 Å². The maximum Gasteiger partial charge on any atom is 0.269 e. The highest BCUT2D eigenvalue weighted by Gasteiger charge is 2.25. The summed E-state index contributed by atoms with van der Waals surface area (Å²) in [6.07, 6.45) is 7.73. The zero-order valence-corrected chi connectivity index (χ0v) is 17.6. The Bertz CT molecular complexity index is 898. The van der Waals surface area contributed by atoms with Gasteiger partial charge in [-0.25, -0.2) is 0 Å². The smallest absolute Gasteiger partial charge is 0.269 e. The summed E-state index contributed by atoms with van der Waals surface area (Å²) in [5.41, 5.74) is 1.71. The Labute approximate surface area is 177 Å². The monoisotopic (exact) mass is 433 g/mol. The predicted molar refractivity (Wildman–Crippen MR) is 115 cm³/mol. The lowest BCUT2D eigenvalue weighted by Gasteiger charge is -2.29. The van der Waals surface area contributed by atoms with E-state index in [9.17, 15) is 14.9 Å². The first-order valence-corrected chi connectivity index (χ1v) is 11.7. The second-order valence-corrected chi connectivity index (χ2v) is 9.56. The molecule has 154 valence electrons. The molecule has 29 heavy (non-hydrogen) atoms. The third kappa shape index (κ3) is 4.87. The van der Waals surface area contributed by atoms with Crippen LogP contribution in [-0.2, 0) is 11.2 Å². The lowest BCUT2D eigenvalue weighted by molar-refractivity contribution is -0.384. The first-order valence-electron chi connectivity index (χ1n) is 9.90. The predicted octanol–water partition coefficient (Wildman–Crippen LogP) is 4.26. The summed E-state index contributed by atoms with van der Waals surface area (Å²) in [5, 5.41) is 23.7. The highest BCUT2D eigenvalue weighted by atomic mass is 32.2. The molecule has 1 aromatic carbocycles. The molecule has 1 saturated carbocycles. The van der Waals surface area contributed by atoms with Crippen LogP contribution in [0.4, 0.5) is 16.5 Å². The van der Waals surface area contributed by atoms with E-state index >= 15 is 0 Å². The molecule has 8 nitrogen and oxygen atoms in total.